The van der Waals surface area contributed by atoms with Crippen LogP contribution in [-0.4, -0.2) is 25.4 Å². The van der Waals surface area contributed by atoms with E-state index >= 15 is 0 Å². The monoisotopic (exact) mass is 301 g/mol. The Balaban J connectivity index is 2.30. The molecular weight excluding hydrogens is 286 g/mol. The Kier molecular flexibility index (Phi) is 4.55. The molecule has 0 saturated heterocycles. The summed E-state index contributed by atoms with van der Waals surface area (Å²) < 4.78 is 23.2. The molecule has 1 unspecified atom stereocenters. The van der Waals surface area contributed by atoms with Crippen LogP contribution in [0.1, 0.15) is 17.3 Å². The summed E-state index contributed by atoms with van der Waals surface area (Å²) >= 11 is 0. The van der Waals surface area contributed by atoms with Crippen molar-refractivity contribution in [3.05, 3.63) is 59.8 Å². The first-order valence-electron chi connectivity index (χ1n) is 6.34. The van der Waals surface area contributed by atoms with Crippen molar-refractivity contribution in [2.45, 2.75) is 6.04 Å². The minimum Gasteiger partial charge on any atom is -0.362 e. The average Bonchev–Trinajstić information content (AvgIpc) is 2.46. The quantitative estimate of drug-likeness (QED) is 0.915. The highest BCUT2D eigenvalue weighted by Gasteiger charge is 2.17. The largest absolute Gasteiger partial charge is 0.362 e. The Bertz CT molecular complexity index is 752. The van der Waals surface area contributed by atoms with Crippen molar-refractivity contribution in [1.29, 1.82) is 5.26 Å². The van der Waals surface area contributed by atoms with Gasteiger partial charge in [-0.1, -0.05) is 36.4 Å². The third-order valence-electron chi connectivity index (χ3n) is 2.86. The van der Waals surface area contributed by atoms with E-state index in [9.17, 15) is 8.42 Å². The van der Waals surface area contributed by atoms with Gasteiger partial charge < -0.3 is 5.32 Å². The van der Waals surface area contributed by atoms with Crippen LogP contribution >= 0.6 is 0 Å². The normalized spacial score (nSPS) is 12.4. The molecule has 0 radical (unpaired) electrons. The van der Waals surface area contributed by atoms with Gasteiger partial charge in [-0.3, -0.25) is 0 Å². The van der Waals surface area contributed by atoms with Crippen LogP contribution in [-0.2, 0) is 9.84 Å². The molecule has 1 aromatic heterocycles. The van der Waals surface area contributed by atoms with Crippen LogP contribution < -0.4 is 5.32 Å². The summed E-state index contributed by atoms with van der Waals surface area (Å²) in [5, 5.41) is 11.9. The Morgan fingerprint density at radius 1 is 1.19 bits per heavy atom. The fourth-order valence-electron chi connectivity index (χ4n) is 1.97. The van der Waals surface area contributed by atoms with Gasteiger partial charge in [0, 0.05) is 6.26 Å². The predicted molar refractivity (Wildman–Crippen MR) is 81.5 cm³/mol. The first kappa shape index (κ1) is 15.0. The maximum absolute atomic E-state index is 11.6. The Morgan fingerprint density at radius 3 is 2.52 bits per heavy atom. The fourth-order valence-corrected chi connectivity index (χ4v) is 2.85. The van der Waals surface area contributed by atoms with E-state index in [1.165, 1.54) is 6.26 Å². The summed E-state index contributed by atoms with van der Waals surface area (Å²) in [4.78, 5) is 4.12. The van der Waals surface area contributed by atoms with Crippen molar-refractivity contribution >= 4 is 15.7 Å². The van der Waals surface area contributed by atoms with Crippen LogP contribution in [0.4, 0.5) is 5.82 Å². The van der Waals surface area contributed by atoms with Gasteiger partial charge in [-0.05, 0) is 17.7 Å². The van der Waals surface area contributed by atoms with Crippen LogP contribution in [0.3, 0.4) is 0 Å². The minimum atomic E-state index is -3.16. The molecule has 6 heteroatoms. The minimum absolute atomic E-state index is 0.0462. The van der Waals surface area contributed by atoms with Gasteiger partial charge in [0.05, 0.1) is 11.8 Å². The molecule has 0 amide bonds. The molecule has 21 heavy (non-hydrogen) atoms. The molecule has 2 aromatic rings. The number of pyridine rings is 1. The topological polar surface area (TPSA) is 82.9 Å². The lowest BCUT2D eigenvalue weighted by Crippen LogP contribution is -2.21. The molecule has 1 N–H and O–H groups in total. The zero-order valence-electron chi connectivity index (χ0n) is 11.5. The van der Waals surface area contributed by atoms with E-state index < -0.39 is 15.9 Å². The molecule has 1 aromatic carbocycles. The molecule has 108 valence electrons. The highest BCUT2D eigenvalue weighted by molar-refractivity contribution is 7.90. The first-order valence-corrected chi connectivity index (χ1v) is 8.40. The van der Waals surface area contributed by atoms with Gasteiger partial charge in [0.25, 0.3) is 0 Å². The molecule has 0 spiro atoms. The van der Waals surface area contributed by atoms with Crippen molar-refractivity contribution in [2.75, 3.05) is 17.3 Å². The van der Waals surface area contributed by atoms with E-state index in [1.54, 1.807) is 18.2 Å². The van der Waals surface area contributed by atoms with Gasteiger partial charge >= 0.3 is 0 Å². The lowest BCUT2D eigenvalue weighted by molar-refractivity contribution is 0.597. The second kappa shape index (κ2) is 6.37. The van der Waals surface area contributed by atoms with Gasteiger partial charge in [0.15, 0.2) is 0 Å². The maximum atomic E-state index is 11.6. The summed E-state index contributed by atoms with van der Waals surface area (Å²) in [5.41, 5.74) is 1.14. The van der Waals surface area contributed by atoms with Crippen LogP contribution in [0.25, 0.3) is 0 Å². The first-order chi connectivity index (χ1) is 9.98. The summed E-state index contributed by atoms with van der Waals surface area (Å²) in [6.45, 7) is 0. The second-order valence-electron chi connectivity index (χ2n) is 4.72. The number of hydrogen-bond acceptors (Lipinski definition) is 5. The SMILES string of the molecule is CS(=O)(=O)CC(Nc1cccc(C#N)n1)c1ccccc1. The number of aromatic nitrogens is 1. The number of sulfone groups is 1. The molecule has 0 aliphatic carbocycles. The van der Waals surface area contributed by atoms with Crippen molar-refractivity contribution in [3.8, 4) is 6.07 Å². The number of benzene rings is 1. The zero-order valence-corrected chi connectivity index (χ0v) is 12.3. The third-order valence-corrected chi connectivity index (χ3v) is 3.80. The van der Waals surface area contributed by atoms with Gasteiger partial charge in [-0.25, -0.2) is 13.4 Å². The summed E-state index contributed by atoms with van der Waals surface area (Å²) in [6.07, 6.45) is 1.20. The molecule has 5 nitrogen and oxygen atoms in total. The van der Waals surface area contributed by atoms with E-state index in [2.05, 4.69) is 10.3 Å². The maximum Gasteiger partial charge on any atom is 0.149 e. The summed E-state index contributed by atoms with van der Waals surface area (Å²) in [5.74, 6) is 0.432. The molecule has 0 bridgehead atoms. The molecule has 1 heterocycles. The van der Waals surface area contributed by atoms with Crippen LogP contribution in [0.2, 0.25) is 0 Å². The second-order valence-corrected chi connectivity index (χ2v) is 6.90. The Labute approximate surface area is 124 Å². The van der Waals surface area contributed by atoms with Gasteiger partial charge in [0.2, 0.25) is 0 Å². The van der Waals surface area contributed by atoms with E-state index in [0.717, 1.165) is 5.56 Å². The molecule has 0 aliphatic rings. The number of nitrogens with zero attached hydrogens (tertiary/aromatic N) is 2. The number of nitrogens with one attached hydrogen (secondary N) is 1. The van der Waals surface area contributed by atoms with Crippen molar-refractivity contribution < 1.29 is 8.42 Å². The number of anilines is 1. The molecule has 0 fully saturated rings. The number of rotatable bonds is 5. The summed E-state index contributed by atoms with van der Waals surface area (Å²) in [6, 6.07) is 15.8. The van der Waals surface area contributed by atoms with Crippen LogP contribution in [0.15, 0.2) is 48.5 Å². The fraction of sp³-hybridized carbons (Fsp3) is 0.200. The van der Waals surface area contributed by atoms with E-state index in [1.807, 2.05) is 36.4 Å². The van der Waals surface area contributed by atoms with E-state index in [-0.39, 0.29) is 11.4 Å². The van der Waals surface area contributed by atoms with Crippen molar-refractivity contribution in [3.63, 3.8) is 0 Å². The molecule has 1 atom stereocenters. The molecule has 2 rings (SSSR count). The lowest BCUT2D eigenvalue weighted by atomic mass is 10.1. The van der Waals surface area contributed by atoms with E-state index in [4.69, 9.17) is 5.26 Å². The van der Waals surface area contributed by atoms with Gasteiger partial charge in [-0.2, -0.15) is 5.26 Å². The molecule has 0 saturated carbocycles. The Hall–Kier alpha value is -2.39. The summed E-state index contributed by atoms with van der Waals surface area (Å²) in [7, 11) is -3.16. The van der Waals surface area contributed by atoms with Gasteiger partial charge in [0.1, 0.15) is 27.4 Å². The molecule has 0 aliphatic heterocycles. The average molecular weight is 301 g/mol. The Morgan fingerprint density at radius 2 is 1.90 bits per heavy atom. The van der Waals surface area contributed by atoms with Crippen LogP contribution in [0, 0.1) is 11.3 Å². The van der Waals surface area contributed by atoms with Gasteiger partial charge in [-0.15, -0.1) is 0 Å². The predicted octanol–water partition coefficient (Wildman–Crippen LogP) is 2.15. The van der Waals surface area contributed by atoms with Crippen molar-refractivity contribution in [1.82, 2.24) is 4.98 Å². The number of hydrogen-bond donors (Lipinski definition) is 1. The third kappa shape index (κ3) is 4.58. The van der Waals surface area contributed by atoms with E-state index in [0.29, 0.717) is 5.82 Å². The lowest BCUT2D eigenvalue weighted by Gasteiger charge is -2.19. The number of nitriles is 1. The van der Waals surface area contributed by atoms with Crippen molar-refractivity contribution in [2.24, 2.45) is 0 Å². The highest BCUT2D eigenvalue weighted by atomic mass is 32.2. The smallest absolute Gasteiger partial charge is 0.149 e. The standard InChI is InChI=1S/C15H15N3O2S/c1-21(19,20)11-14(12-6-3-2-4-7-12)18-15-9-5-8-13(10-16)17-15/h2-9,14H,11H2,1H3,(H,17,18). The molecular formula is C15H15N3O2S. The van der Waals surface area contributed by atoms with Crippen LogP contribution in [0.5, 0.6) is 0 Å². The highest BCUT2D eigenvalue weighted by Crippen LogP contribution is 2.20. The zero-order chi connectivity index (χ0) is 15.3.